The van der Waals surface area contributed by atoms with Crippen LogP contribution in [0.2, 0.25) is 0 Å². The summed E-state index contributed by atoms with van der Waals surface area (Å²) in [5.74, 6) is 1.33. The molecule has 0 spiro atoms. The molecule has 0 amide bonds. The van der Waals surface area contributed by atoms with Gasteiger partial charge in [-0.25, -0.2) is 0 Å². The van der Waals surface area contributed by atoms with Crippen LogP contribution in [-0.4, -0.2) is 33.4 Å². The number of pyridine rings is 1. The smallest absolute Gasteiger partial charge is 0.225 e. The van der Waals surface area contributed by atoms with E-state index < -0.39 is 0 Å². The highest BCUT2D eigenvalue weighted by atomic mass is 16.5. The van der Waals surface area contributed by atoms with E-state index in [-0.39, 0.29) is 6.10 Å². The van der Waals surface area contributed by atoms with Gasteiger partial charge in [0.25, 0.3) is 0 Å². The summed E-state index contributed by atoms with van der Waals surface area (Å²) in [6.07, 6.45) is 8.64. The fraction of sp³-hybridized carbons (Fsp3) is 0.364. The first-order valence-corrected chi connectivity index (χ1v) is 10.0. The second-order valence-corrected chi connectivity index (χ2v) is 8.00. The molecule has 3 aliphatic rings. The third-order valence-corrected chi connectivity index (χ3v) is 6.14. The minimum atomic E-state index is 0.248. The molecule has 0 radical (unpaired) electrons. The maximum Gasteiger partial charge on any atom is 0.225 e. The van der Waals surface area contributed by atoms with Crippen molar-refractivity contribution in [1.82, 2.24) is 20.5 Å². The van der Waals surface area contributed by atoms with E-state index in [1.165, 1.54) is 18.4 Å². The predicted molar refractivity (Wildman–Crippen MR) is 105 cm³/mol. The second-order valence-electron chi connectivity index (χ2n) is 8.00. The Morgan fingerprint density at radius 2 is 1.86 bits per heavy atom. The van der Waals surface area contributed by atoms with Crippen molar-refractivity contribution in [2.24, 2.45) is 0 Å². The van der Waals surface area contributed by atoms with E-state index in [9.17, 15) is 0 Å². The van der Waals surface area contributed by atoms with Gasteiger partial charge in [-0.1, -0.05) is 12.1 Å². The van der Waals surface area contributed by atoms with E-state index in [0.717, 1.165) is 35.1 Å². The van der Waals surface area contributed by atoms with Gasteiger partial charge in [0.1, 0.15) is 12.7 Å². The molecule has 142 valence electrons. The molecule has 1 unspecified atom stereocenters. The lowest BCUT2D eigenvalue weighted by atomic mass is 9.95. The molecule has 6 heteroatoms. The van der Waals surface area contributed by atoms with Crippen molar-refractivity contribution in [3.8, 4) is 34.0 Å². The first-order valence-electron chi connectivity index (χ1n) is 10.0. The van der Waals surface area contributed by atoms with Crippen LogP contribution in [0.3, 0.4) is 0 Å². The Balaban J connectivity index is 1.26. The molecule has 3 aromatic rings. The third-order valence-electron chi connectivity index (χ3n) is 6.14. The number of fused-ring (bicyclic) bond motifs is 5. The average molecular weight is 374 g/mol. The lowest BCUT2D eigenvalue weighted by Gasteiger charge is -2.29. The second kappa shape index (κ2) is 6.34. The Morgan fingerprint density at radius 1 is 1.00 bits per heavy atom. The van der Waals surface area contributed by atoms with Crippen LogP contribution in [-0.2, 0) is 6.61 Å². The van der Waals surface area contributed by atoms with Crippen LogP contribution < -0.4 is 14.8 Å². The quantitative estimate of drug-likeness (QED) is 0.731. The highest BCUT2D eigenvalue weighted by Crippen LogP contribution is 2.39. The van der Waals surface area contributed by atoms with Crippen molar-refractivity contribution in [2.75, 3.05) is 0 Å². The average Bonchev–Trinajstić information content (AvgIpc) is 3.37. The van der Waals surface area contributed by atoms with Crippen molar-refractivity contribution < 1.29 is 9.47 Å². The fourth-order valence-electron chi connectivity index (χ4n) is 4.79. The van der Waals surface area contributed by atoms with Crippen molar-refractivity contribution >= 4 is 0 Å². The molecule has 6 nitrogen and oxygen atoms in total. The zero-order valence-corrected chi connectivity index (χ0v) is 15.5. The Hall–Kier alpha value is -2.86. The zero-order valence-electron chi connectivity index (χ0n) is 15.5. The van der Waals surface area contributed by atoms with E-state index >= 15 is 0 Å². The summed E-state index contributed by atoms with van der Waals surface area (Å²) in [6.45, 7) is 0.516. The first kappa shape index (κ1) is 16.1. The number of benzene rings is 1. The van der Waals surface area contributed by atoms with Crippen LogP contribution in [0.15, 0.2) is 42.7 Å². The van der Waals surface area contributed by atoms with Crippen LogP contribution in [0.4, 0.5) is 0 Å². The molecule has 2 N–H and O–H groups in total. The maximum absolute atomic E-state index is 6.22. The van der Waals surface area contributed by atoms with Gasteiger partial charge in [0.15, 0.2) is 0 Å². The fourth-order valence-corrected chi connectivity index (χ4v) is 4.79. The van der Waals surface area contributed by atoms with Crippen LogP contribution in [0, 0.1) is 0 Å². The standard InChI is InChI=1S/C22H22N4O2/c1-4-19-14(7-13(1)15-10-23-24-11-15)12-27-22-20(19)5-6-21(26-22)28-18-8-16-2-3-17(9-18)25-16/h1,4-7,10-11,16-18,25H,2-3,8-9,12H2,(H,23,24)/t16-,17+,18?. The van der Waals surface area contributed by atoms with Gasteiger partial charge in [-0.3, -0.25) is 5.10 Å². The number of nitrogens with zero attached hydrogens (tertiary/aromatic N) is 2. The van der Waals surface area contributed by atoms with Gasteiger partial charge in [-0.05, 0) is 54.5 Å². The van der Waals surface area contributed by atoms with E-state index in [1.807, 2.05) is 18.5 Å². The highest BCUT2D eigenvalue weighted by molar-refractivity contribution is 5.77. The van der Waals surface area contributed by atoms with Gasteiger partial charge >= 0.3 is 0 Å². The molecule has 6 rings (SSSR count). The van der Waals surface area contributed by atoms with E-state index in [4.69, 9.17) is 9.47 Å². The number of hydrogen-bond acceptors (Lipinski definition) is 5. The lowest BCUT2D eigenvalue weighted by Crippen LogP contribution is -2.42. The maximum atomic E-state index is 6.22. The number of hydrogen-bond donors (Lipinski definition) is 2. The molecular weight excluding hydrogens is 352 g/mol. The molecule has 0 saturated carbocycles. The van der Waals surface area contributed by atoms with Gasteiger partial charge < -0.3 is 14.8 Å². The topological polar surface area (TPSA) is 72.1 Å². The minimum absolute atomic E-state index is 0.248. The summed E-state index contributed by atoms with van der Waals surface area (Å²) in [6, 6.07) is 11.7. The summed E-state index contributed by atoms with van der Waals surface area (Å²) in [4.78, 5) is 4.67. The summed E-state index contributed by atoms with van der Waals surface area (Å²) >= 11 is 0. The van der Waals surface area contributed by atoms with Gasteiger partial charge in [-0.15, -0.1) is 0 Å². The van der Waals surface area contributed by atoms with Crippen molar-refractivity contribution in [2.45, 2.75) is 50.5 Å². The number of nitrogens with one attached hydrogen (secondary N) is 2. The SMILES string of the molecule is c1cc2c(cc1-c1cn[nH]c1)COc1nc(OC3C[C@H]4CC[C@@H](C3)N4)ccc1-2. The molecule has 3 aliphatic heterocycles. The Kier molecular flexibility index (Phi) is 3.65. The molecular formula is C22H22N4O2. The van der Waals surface area contributed by atoms with Gasteiger partial charge in [0.2, 0.25) is 11.8 Å². The largest absolute Gasteiger partial charge is 0.474 e. The molecule has 5 heterocycles. The van der Waals surface area contributed by atoms with Crippen LogP contribution in [0.25, 0.3) is 22.3 Å². The van der Waals surface area contributed by atoms with Gasteiger partial charge in [0.05, 0.1) is 6.20 Å². The van der Waals surface area contributed by atoms with Gasteiger partial charge in [-0.2, -0.15) is 10.1 Å². The normalized spacial score (nSPS) is 24.9. The molecule has 2 aromatic heterocycles. The van der Waals surface area contributed by atoms with Crippen LogP contribution in [0.5, 0.6) is 11.8 Å². The van der Waals surface area contributed by atoms with Crippen LogP contribution >= 0.6 is 0 Å². The van der Waals surface area contributed by atoms with Crippen LogP contribution in [0.1, 0.15) is 31.2 Å². The molecule has 0 aliphatic carbocycles. The summed E-state index contributed by atoms with van der Waals surface area (Å²) in [5.41, 5.74) is 5.57. The van der Waals surface area contributed by atoms with Gasteiger partial charge in [0, 0.05) is 35.5 Å². The molecule has 2 bridgehead atoms. The lowest BCUT2D eigenvalue weighted by molar-refractivity contribution is 0.130. The van der Waals surface area contributed by atoms with Crippen molar-refractivity contribution in [1.29, 1.82) is 0 Å². The molecule has 2 saturated heterocycles. The Bertz CT molecular complexity index is 1010. The van der Waals surface area contributed by atoms with E-state index in [2.05, 4.69) is 44.8 Å². The summed E-state index contributed by atoms with van der Waals surface area (Å²) in [7, 11) is 0. The monoisotopic (exact) mass is 374 g/mol. The third kappa shape index (κ3) is 2.76. The summed E-state index contributed by atoms with van der Waals surface area (Å²) in [5, 5.41) is 10.5. The number of aromatic amines is 1. The minimum Gasteiger partial charge on any atom is -0.474 e. The first-order chi connectivity index (χ1) is 13.8. The zero-order chi connectivity index (χ0) is 18.5. The number of H-pyrrole nitrogens is 1. The highest BCUT2D eigenvalue weighted by Gasteiger charge is 2.34. The van der Waals surface area contributed by atoms with Crippen molar-refractivity contribution in [3.63, 3.8) is 0 Å². The molecule has 3 atom stereocenters. The van der Waals surface area contributed by atoms with E-state index in [0.29, 0.717) is 30.5 Å². The molecule has 2 fully saturated rings. The molecule has 1 aromatic carbocycles. The van der Waals surface area contributed by atoms with Crippen molar-refractivity contribution in [3.05, 3.63) is 48.3 Å². The Labute approximate surface area is 163 Å². The van der Waals surface area contributed by atoms with E-state index in [1.54, 1.807) is 0 Å². The number of aromatic nitrogens is 3. The number of piperidine rings is 1. The summed E-state index contributed by atoms with van der Waals surface area (Å²) < 4.78 is 12.2. The predicted octanol–water partition coefficient (Wildman–Crippen LogP) is 3.69. The number of rotatable bonds is 3. The Morgan fingerprint density at radius 3 is 2.68 bits per heavy atom. The molecule has 28 heavy (non-hydrogen) atoms. The number of ether oxygens (including phenoxy) is 2.